The highest BCUT2D eigenvalue weighted by molar-refractivity contribution is 4.67. The molecule has 2 nitrogen and oxygen atoms in total. The van der Waals surface area contributed by atoms with Crippen LogP contribution in [-0.4, -0.2) is 19.0 Å². The van der Waals surface area contributed by atoms with E-state index >= 15 is 0 Å². The van der Waals surface area contributed by atoms with E-state index in [-0.39, 0.29) is 0 Å². The smallest absolute Gasteiger partial charge is 0.147 e. The molecule has 2 heteroatoms. The van der Waals surface area contributed by atoms with Gasteiger partial charge in [-0.3, -0.25) is 0 Å². The van der Waals surface area contributed by atoms with Gasteiger partial charge < -0.3 is 9.47 Å². The molecule has 0 spiro atoms. The summed E-state index contributed by atoms with van der Waals surface area (Å²) in [5.74, 6) is 0. The molecule has 1 rings (SSSR count). The van der Waals surface area contributed by atoms with Crippen molar-refractivity contribution < 1.29 is 9.47 Å². The first-order chi connectivity index (χ1) is 5.36. The molecule has 0 aromatic carbocycles. The van der Waals surface area contributed by atoms with E-state index < -0.39 is 0 Å². The zero-order valence-electron chi connectivity index (χ0n) is 7.51. The third-order valence-corrected chi connectivity index (χ3v) is 2.20. The van der Waals surface area contributed by atoms with Gasteiger partial charge in [0, 0.05) is 0 Å². The molecule has 0 N–H and O–H groups in total. The average molecular weight is 158 g/mol. The SMILES string of the molecule is CCCC1CC(CC)OCO1. The molecule has 1 aliphatic heterocycles. The van der Waals surface area contributed by atoms with Gasteiger partial charge in [-0.15, -0.1) is 0 Å². The lowest BCUT2D eigenvalue weighted by atomic mass is 10.1. The van der Waals surface area contributed by atoms with Gasteiger partial charge in [0.05, 0.1) is 12.2 Å². The van der Waals surface area contributed by atoms with Gasteiger partial charge in [0.2, 0.25) is 0 Å². The van der Waals surface area contributed by atoms with Crippen LogP contribution in [0.4, 0.5) is 0 Å². The van der Waals surface area contributed by atoms with Crippen molar-refractivity contribution in [3.8, 4) is 0 Å². The van der Waals surface area contributed by atoms with Crippen molar-refractivity contribution in [3.63, 3.8) is 0 Å². The standard InChI is InChI=1S/C9H18O2/c1-3-5-9-6-8(4-2)10-7-11-9/h8-9H,3-7H2,1-2H3. The van der Waals surface area contributed by atoms with E-state index in [1.165, 1.54) is 12.8 Å². The van der Waals surface area contributed by atoms with E-state index in [0.717, 1.165) is 12.8 Å². The second-order valence-electron chi connectivity index (χ2n) is 3.13. The Labute approximate surface area is 68.9 Å². The highest BCUT2D eigenvalue weighted by atomic mass is 16.7. The average Bonchev–Trinajstić information content (AvgIpc) is 2.06. The molecule has 0 aromatic heterocycles. The van der Waals surface area contributed by atoms with Crippen LogP contribution >= 0.6 is 0 Å². The summed E-state index contributed by atoms with van der Waals surface area (Å²) in [6.45, 7) is 4.86. The zero-order chi connectivity index (χ0) is 8.10. The van der Waals surface area contributed by atoms with Gasteiger partial charge in [0.1, 0.15) is 6.79 Å². The molecule has 1 saturated heterocycles. The highest BCUT2D eigenvalue weighted by Crippen LogP contribution is 2.18. The molecule has 0 amide bonds. The second-order valence-corrected chi connectivity index (χ2v) is 3.13. The molecule has 0 bridgehead atoms. The Hall–Kier alpha value is -0.0800. The summed E-state index contributed by atoms with van der Waals surface area (Å²) in [5.41, 5.74) is 0. The van der Waals surface area contributed by atoms with Crippen LogP contribution in [0.1, 0.15) is 39.5 Å². The van der Waals surface area contributed by atoms with Gasteiger partial charge >= 0.3 is 0 Å². The maximum absolute atomic E-state index is 5.43. The molecule has 2 atom stereocenters. The van der Waals surface area contributed by atoms with Crippen molar-refractivity contribution in [1.82, 2.24) is 0 Å². The van der Waals surface area contributed by atoms with E-state index in [1.54, 1.807) is 0 Å². The second kappa shape index (κ2) is 4.73. The normalized spacial score (nSPS) is 32.2. The number of hydrogen-bond acceptors (Lipinski definition) is 2. The molecular weight excluding hydrogens is 140 g/mol. The Morgan fingerprint density at radius 2 is 1.91 bits per heavy atom. The minimum Gasteiger partial charge on any atom is -0.352 e. The van der Waals surface area contributed by atoms with E-state index in [2.05, 4.69) is 13.8 Å². The largest absolute Gasteiger partial charge is 0.352 e. The van der Waals surface area contributed by atoms with E-state index in [4.69, 9.17) is 9.47 Å². The summed E-state index contributed by atoms with van der Waals surface area (Å²) < 4.78 is 10.8. The fraction of sp³-hybridized carbons (Fsp3) is 1.00. The summed E-state index contributed by atoms with van der Waals surface area (Å²) >= 11 is 0. The van der Waals surface area contributed by atoms with Gasteiger partial charge in [-0.05, 0) is 19.3 Å². The van der Waals surface area contributed by atoms with Crippen molar-refractivity contribution in [3.05, 3.63) is 0 Å². The Kier molecular flexibility index (Phi) is 3.87. The van der Waals surface area contributed by atoms with Gasteiger partial charge in [-0.2, -0.15) is 0 Å². The summed E-state index contributed by atoms with van der Waals surface area (Å²) in [6, 6.07) is 0. The predicted molar refractivity (Wildman–Crippen MR) is 44.4 cm³/mol. The molecule has 0 saturated carbocycles. The molecule has 66 valence electrons. The Bertz CT molecular complexity index is 102. The van der Waals surface area contributed by atoms with Crippen molar-refractivity contribution in [2.75, 3.05) is 6.79 Å². The fourth-order valence-corrected chi connectivity index (χ4v) is 1.47. The van der Waals surface area contributed by atoms with Crippen molar-refractivity contribution in [1.29, 1.82) is 0 Å². The van der Waals surface area contributed by atoms with Crippen molar-refractivity contribution in [2.24, 2.45) is 0 Å². The molecule has 1 fully saturated rings. The summed E-state index contributed by atoms with van der Waals surface area (Å²) in [6.07, 6.45) is 5.49. The van der Waals surface area contributed by atoms with E-state index in [1.807, 2.05) is 0 Å². The van der Waals surface area contributed by atoms with Crippen molar-refractivity contribution in [2.45, 2.75) is 51.7 Å². The lowest BCUT2D eigenvalue weighted by molar-refractivity contribution is -0.176. The first kappa shape index (κ1) is 9.01. The van der Waals surface area contributed by atoms with Crippen LogP contribution in [-0.2, 0) is 9.47 Å². The van der Waals surface area contributed by atoms with Crippen LogP contribution in [0, 0.1) is 0 Å². The topological polar surface area (TPSA) is 18.5 Å². The van der Waals surface area contributed by atoms with Crippen LogP contribution in [0.25, 0.3) is 0 Å². The molecule has 11 heavy (non-hydrogen) atoms. The predicted octanol–water partition coefficient (Wildman–Crippen LogP) is 2.33. The van der Waals surface area contributed by atoms with Gasteiger partial charge in [-0.25, -0.2) is 0 Å². The monoisotopic (exact) mass is 158 g/mol. The van der Waals surface area contributed by atoms with Crippen LogP contribution in [0.3, 0.4) is 0 Å². The van der Waals surface area contributed by atoms with Gasteiger partial charge in [0.15, 0.2) is 0 Å². The highest BCUT2D eigenvalue weighted by Gasteiger charge is 2.20. The first-order valence-electron chi connectivity index (χ1n) is 4.60. The van der Waals surface area contributed by atoms with Gasteiger partial charge in [0.25, 0.3) is 0 Å². The maximum Gasteiger partial charge on any atom is 0.147 e. The number of hydrogen-bond donors (Lipinski definition) is 0. The molecule has 1 heterocycles. The Morgan fingerprint density at radius 3 is 2.55 bits per heavy atom. The molecule has 0 aromatic rings. The number of ether oxygens (including phenoxy) is 2. The maximum atomic E-state index is 5.43. The summed E-state index contributed by atoms with van der Waals surface area (Å²) in [4.78, 5) is 0. The molecule has 1 aliphatic rings. The molecule has 0 aliphatic carbocycles. The van der Waals surface area contributed by atoms with Gasteiger partial charge in [-0.1, -0.05) is 20.3 Å². The van der Waals surface area contributed by atoms with Crippen LogP contribution in [0.5, 0.6) is 0 Å². The lowest BCUT2D eigenvalue weighted by Crippen LogP contribution is -2.30. The van der Waals surface area contributed by atoms with E-state index in [9.17, 15) is 0 Å². The zero-order valence-corrected chi connectivity index (χ0v) is 7.51. The Balaban J connectivity index is 2.21. The first-order valence-corrected chi connectivity index (χ1v) is 4.60. The van der Waals surface area contributed by atoms with E-state index in [0.29, 0.717) is 19.0 Å². The quantitative estimate of drug-likeness (QED) is 0.627. The third kappa shape index (κ3) is 2.80. The van der Waals surface area contributed by atoms with Crippen molar-refractivity contribution >= 4 is 0 Å². The van der Waals surface area contributed by atoms with Crippen LogP contribution in [0.15, 0.2) is 0 Å². The molecular formula is C9H18O2. The molecule has 0 radical (unpaired) electrons. The minimum atomic E-state index is 0.445. The summed E-state index contributed by atoms with van der Waals surface area (Å²) in [5, 5.41) is 0. The van der Waals surface area contributed by atoms with Crippen LogP contribution in [0.2, 0.25) is 0 Å². The van der Waals surface area contributed by atoms with Crippen LogP contribution < -0.4 is 0 Å². The Morgan fingerprint density at radius 1 is 1.18 bits per heavy atom. The third-order valence-electron chi connectivity index (χ3n) is 2.20. The number of rotatable bonds is 3. The molecule has 2 unspecified atom stereocenters. The minimum absolute atomic E-state index is 0.445. The fourth-order valence-electron chi connectivity index (χ4n) is 1.47. The summed E-state index contributed by atoms with van der Waals surface area (Å²) in [7, 11) is 0. The lowest BCUT2D eigenvalue weighted by Gasteiger charge is -2.28.